The highest BCUT2D eigenvalue weighted by molar-refractivity contribution is 7.88. The molecule has 1 N–H and O–H groups in total. The van der Waals surface area contributed by atoms with Crippen LogP contribution in [-0.2, 0) is 10.0 Å². The zero-order valence-electron chi connectivity index (χ0n) is 13.5. The van der Waals surface area contributed by atoms with Gasteiger partial charge in [-0.1, -0.05) is 42.5 Å². The Morgan fingerprint density at radius 1 is 1.16 bits per heavy atom. The molecule has 0 spiro atoms. The van der Waals surface area contributed by atoms with Crippen molar-refractivity contribution in [3.05, 3.63) is 59.9 Å². The van der Waals surface area contributed by atoms with Crippen molar-refractivity contribution in [2.24, 2.45) is 0 Å². The van der Waals surface area contributed by atoms with E-state index in [-0.39, 0.29) is 0 Å². The third-order valence-electron chi connectivity index (χ3n) is 4.54. The summed E-state index contributed by atoms with van der Waals surface area (Å²) < 4.78 is 39.2. The third-order valence-corrected chi connectivity index (χ3v) is 5.81. The van der Waals surface area contributed by atoms with Crippen molar-refractivity contribution >= 4 is 10.0 Å². The van der Waals surface area contributed by atoms with Gasteiger partial charge < -0.3 is 5.11 Å². The molecule has 1 aliphatic heterocycles. The Labute approximate surface area is 146 Å². The first-order chi connectivity index (χ1) is 11.9. The van der Waals surface area contributed by atoms with E-state index in [1.165, 1.54) is 6.07 Å². The lowest BCUT2D eigenvalue weighted by molar-refractivity contribution is 0.0566. The molecule has 0 unspecified atom stereocenters. The molecule has 2 aromatic rings. The molecule has 3 atom stereocenters. The van der Waals surface area contributed by atoms with E-state index in [2.05, 4.69) is 0 Å². The van der Waals surface area contributed by atoms with E-state index in [9.17, 15) is 23.2 Å². The molecule has 1 fully saturated rings. The maximum absolute atomic E-state index is 14.2. The Bertz CT molecular complexity index is 939. The van der Waals surface area contributed by atoms with E-state index >= 15 is 0 Å². The average molecular weight is 360 g/mol. The quantitative estimate of drug-likeness (QED) is 0.905. The first-order valence-electron chi connectivity index (χ1n) is 7.73. The van der Waals surface area contributed by atoms with Crippen molar-refractivity contribution < 1.29 is 17.9 Å². The number of hydrogen-bond acceptors (Lipinski definition) is 4. The van der Waals surface area contributed by atoms with Crippen LogP contribution in [0.15, 0.2) is 48.5 Å². The molecule has 0 saturated carbocycles. The van der Waals surface area contributed by atoms with Gasteiger partial charge in [-0.05, 0) is 17.2 Å². The fourth-order valence-corrected chi connectivity index (χ4v) is 4.79. The monoisotopic (exact) mass is 360 g/mol. The summed E-state index contributed by atoms with van der Waals surface area (Å²) in [5.41, 5.74) is 1.62. The zero-order chi connectivity index (χ0) is 18.2. The van der Waals surface area contributed by atoms with Crippen molar-refractivity contribution in [1.82, 2.24) is 4.31 Å². The Morgan fingerprint density at radius 2 is 1.76 bits per heavy atom. The van der Waals surface area contributed by atoms with Gasteiger partial charge in [-0.25, -0.2) is 12.8 Å². The number of halogens is 1. The molecule has 1 aliphatic rings. The van der Waals surface area contributed by atoms with Crippen molar-refractivity contribution in [2.45, 2.75) is 18.0 Å². The zero-order valence-corrected chi connectivity index (χ0v) is 14.3. The van der Waals surface area contributed by atoms with Crippen LogP contribution in [0, 0.1) is 17.1 Å². The summed E-state index contributed by atoms with van der Waals surface area (Å²) in [7, 11) is -3.64. The summed E-state index contributed by atoms with van der Waals surface area (Å²) in [5, 5.41) is 19.2. The number of aliphatic hydroxyl groups excluding tert-OH is 1. The predicted octanol–water partition coefficient (Wildman–Crippen LogP) is 2.10. The number of nitriles is 1. The lowest BCUT2D eigenvalue weighted by Gasteiger charge is -2.50. The van der Waals surface area contributed by atoms with E-state index in [1.54, 1.807) is 42.5 Å². The molecule has 0 radical (unpaired) electrons. The number of sulfonamides is 1. The fraction of sp³-hybridized carbons (Fsp3) is 0.278. The van der Waals surface area contributed by atoms with Gasteiger partial charge in [-0.15, -0.1) is 0 Å². The molecule has 0 amide bonds. The van der Waals surface area contributed by atoms with Crippen LogP contribution in [-0.4, -0.2) is 42.8 Å². The molecule has 1 saturated heterocycles. The molecule has 0 aromatic heterocycles. The molecule has 2 aromatic carbocycles. The molecule has 5 nitrogen and oxygen atoms in total. The number of rotatable bonds is 4. The second-order valence-corrected chi connectivity index (χ2v) is 7.90. The highest BCUT2D eigenvalue weighted by Gasteiger charge is 2.54. The molecule has 7 heteroatoms. The summed E-state index contributed by atoms with van der Waals surface area (Å²) in [6, 6.07) is 13.6. The number of benzene rings is 2. The van der Waals surface area contributed by atoms with Crippen molar-refractivity contribution in [3.63, 3.8) is 0 Å². The summed E-state index contributed by atoms with van der Waals surface area (Å²) in [6.45, 7) is -0.415. The van der Waals surface area contributed by atoms with Crippen molar-refractivity contribution in [1.29, 1.82) is 5.26 Å². The predicted molar refractivity (Wildman–Crippen MR) is 91.5 cm³/mol. The van der Waals surface area contributed by atoms with Crippen LogP contribution >= 0.6 is 0 Å². The van der Waals surface area contributed by atoms with Gasteiger partial charge in [0.25, 0.3) is 0 Å². The maximum atomic E-state index is 14.2. The summed E-state index contributed by atoms with van der Waals surface area (Å²) >= 11 is 0. The largest absolute Gasteiger partial charge is 0.395 e. The maximum Gasteiger partial charge on any atom is 0.212 e. The first-order valence-corrected chi connectivity index (χ1v) is 9.57. The lowest BCUT2D eigenvalue weighted by atomic mass is 9.75. The number of hydrogen-bond donors (Lipinski definition) is 1. The summed E-state index contributed by atoms with van der Waals surface area (Å²) in [5.74, 6) is -0.927. The van der Waals surface area contributed by atoms with E-state index in [0.29, 0.717) is 16.7 Å². The minimum absolute atomic E-state index is 0.379. The van der Waals surface area contributed by atoms with Crippen LogP contribution in [0.25, 0.3) is 11.1 Å². The van der Waals surface area contributed by atoms with Crippen LogP contribution < -0.4 is 0 Å². The Kier molecular flexibility index (Phi) is 4.60. The number of nitrogens with zero attached hydrogens (tertiary/aromatic N) is 2. The first kappa shape index (κ1) is 17.5. The summed E-state index contributed by atoms with van der Waals surface area (Å²) in [4.78, 5) is 0. The van der Waals surface area contributed by atoms with Crippen LogP contribution in [0.5, 0.6) is 0 Å². The normalized spacial score (nSPS) is 23.7. The summed E-state index contributed by atoms with van der Waals surface area (Å²) in [6.07, 6.45) is 1.01. The van der Waals surface area contributed by atoms with Crippen LogP contribution in [0.3, 0.4) is 0 Å². The fourth-order valence-electron chi connectivity index (χ4n) is 3.51. The molecule has 3 rings (SSSR count). The SMILES string of the molecule is CS(=O)(=O)N1[C@@H](C#N)[C@H](c2ccccc2-c2ccccc2F)[C@@H]1CO. The van der Waals surface area contributed by atoms with Crippen molar-refractivity contribution in [3.8, 4) is 17.2 Å². The van der Waals surface area contributed by atoms with E-state index in [1.807, 2.05) is 6.07 Å². The Morgan fingerprint density at radius 3 is 2.32 bits per heavy atom. The van der Waals surface area contributed by atoms with Gasteiger partial charge in [0, 0.05) is 11.5 Å². The second-order valence-electron chi connectivity index (χ2n) is 6.01. The molecule has 1 heterocycles. The van der Waals surface area contributed by atoms with Crippen LogP contribution in [0.4, 0.5) is 4.39 Å². The van der Waals surface area contributed by atoms with E-state index < -0.39 is 40.4 Å². The van der Waals surface area contributed by atoms with Gasteiger partial charge in [0.1, 0.15) is 11.9 Å². The van der Waals surface area contributed by atoms with Gasteiger partial charge >= 0.3 is 0 Å². The minimum Gasteiger partial charge on any atom is -0.395 e. The van der Waals surface area contributed by atoms with Gasteiger partial charge in [0.2, 0.25) is 10.0 Å². The Hall–Kier alpha value is -2.27. The highest BCUT2D eigenvalue weighted by Crippen LogP contribution is 2.45. The van der Waals surface area contributed by atoms with Gasteiger partial charge in [-0.3, -0.25) is 0 Å². The van der Waals surface area contributed by atoms with Crippen LogP contribution in [0.2, 0.25) is 0 Å². The molecule has 130 valence electrons. The molecule has 0 bridgehead atoms. The van der Waals surface area contributed by atoms with E-state index in [4.69, 9.17) is 0 Å². The van der Waals surface area contributed by atoms with Gasteiger partial charge in [0.15, 0.2) is 0 Å². The van der Waals surface area contributed by atoms with Crippen molar-refractivity contribution in [2.75, 3.05) is 12.9 Å². The number of aliphatic hydroxyl groups is 1. The van der Waals surface area contributed by atoms with E-state index in [0.717, 1.165) is 10.6 Å². The smallest absolute Gasteiger partial charge is 0.212 e. The minimum atomic E-state index is -3.64. The lowest BCUT2D eigenvalue weighted by Crippen LogP contribution is -2.64. The van der Waals surface area contributed by atoms with Gasteiger partial charge in [-0.2, -0.15) is 9.57 Å². The Balaban J connectivity index is 2.12. The van der Waals surface area contributed by atoms with Gasteiger partial charge in [0.05, 0.1) is 25.0 Å². The molecular formula is C18H17FN2O3S. The third kappa shape index (κ3) is 2.93. The average Bonchev–Trinajstić information content (AvgIpc) is 2.54. The topological polar surface area (TPSA) is 81.4 Å². The molecule has 25 heavy (non-hydrogen) atoms. The van der Waals surface area contributed by atoms with Crippen LogP contribution in [0.1, 0.15) is 11.5 Å². The standard InChI is InChI=1S/C18H17FN2O3S/c1-25(23,24)21-16(10-20)18(17(21)11-22)14-8-3-2-6-12(14)13-7-4-5-9-15(13)19/h2-9,16-18,22H,11H2,1H3/t16-,17-,18-/m0/s1. The highest BCUT2D eigenvalue weighted by atomic mass is 32.2. The second kappa shape index (κ2) is 6.56. The molecule has 0 aliphatic carbocycles. The molecular weight excluding hydrogens is 343 g/mol.